The van der Waals surface area contributed by atoms with E-state index in [2.05, 4.69) is 15.3 Å². The van der Waals surface area contributed by atoms with E-state index in [1.54, 1.807) is 24.5 Å². The number of aromatic nitrogens is 3. The fourth-order valence-corrected chi connectivity index (χ4v) is 3.49. The molecular weight excluding hydrogens is 367 g/mol. The summed E-state index contributed by atoms with van der Waals surface area (Å²) >= 11 is 0. The SMILES string of the molecule is O=C(Nc1cccc2cnccc12)c1[nH]c(-c2ccc(F)cc2)[n+]2ccccc12. The Hall–Kier alpha value is -4.06. The summed E-state index contributed by atoms with van der Waals surface area (Å²) in [5.74, 6) is 0.136. The van der Waals surface area contributed by atoms with Crippen LogP contribution in [0.15, 0.2) is 85.3 Å². The first-order chi connectivity index (χ1) is 14.2. The highest BCUT2D eigenvalue weighted by molar-refractivity contribution is 6.10. The summed E-state index contributed by atoms with van der Waals surface area (Å²) in [4.78, 5) is 20.5. The van der Waals surface area contributed by atoms with Gasteiger partial charge in [-0.2, -0.15) is 4.40 Å². The summed E-state index contributed by atoms with van der Waals surface area (Å²) in [6, 6.07) is 19.3. The number of fused-ring (bicyclic) bond motifs is 2. The molecule has 5 aromatic rings. The van der Waals surface area contributed by atoms with Crippen molar-refractivity contribution in [1.29, 1.82) is 0 Å². The summed E-state index contributed by atoms with van der Waals surface area (Å²) < 4.78 is 15.2. The van der Waals surface area contributed by atoms with Crippen LogP contribution in [0.25, 0.3) is 27.7 Å². The van der Waals surface area contributed by atoms with E-state index < -0.39 is 0 Å². The molecule has 0 atom stereocenters. The van der Waals surface area contributed by atoms with E-state index in [9.17, 15) is 9.18 Å². The molecule has 3 heterocycles. The van der Waals surface area contributed by atoms with Crippen molar-refractivity contribution in [3.8, 4) is 11.4 Å². The van der Waals surface area contributed by atoms with Crippen LogP contribution in [0.4, 0.5) is 10.1 Å². The largest absolute Gasteiger partial charge is 0.318 e. The molecule has 0 bridgehead atoms. The molecule has 1 amide bonds. The molecule has 0 aliphatic heterocycles. The molecule has 0 radical (unpaired) electrons. The number of carbonyl (C=O) groups excluding carboxylic acids is 1. The first kappa shape index (κ1) is 17.1. The van der Waals surface area contributed by atoms with E-state index in [1.807, 2.05) is 53.1 Å². The van der Waals surface area contributed by atoms with Gasteiger partial charge < -0.3 is 5.32 Å². The minimum atomic E-state index is -0.307. The van der Waals surface area contributed by atoms with E-state index >= 15 is 0 Å². The molecule has 0 saturated carbocycles. The zero-order chi connectivity index (χ0) is 19.8. The van der Waals surface area contributed by atoms with Crippen LogP contribution in [0.2, 0.25) is 0 Å². The molecule has 0 unspecified atom stereocenters. The molecule has 3 aromatic heterocycles. The van der Waals surface area contributed by atoms with Gasteiger partial charge in [-0.15, -0.1) is 0 Å². The highest BCUT2D eigenvalue weighted by atomic mass is 19.1. The van der Waals surface area contributed by atoms with Gasteiger partial charge in [0.1, 0.15) is 5.82 Å². The maximum absolute atomic E-state index is 13.3. The monoisotopic (exact) mass is 383 g/mol. The third-order valence-corrected chi connectivity index (χ3v) is 4.87. The lowest BCUT2D eigenvalue weighted by atomic mass is 10.1. The van der Waals surface area contributed by atoms with Crippen molar-refractivity contribution in [1.82, 2.24) is 9.97 Å². The number of carbonyl (C=O) groups is 1. The van der Waals surface area contributed by atoms with Crippen LogP contribution in [-0.2, 0) is 0 Å². The van der Waals surface area contributed by atoms with Crippen LogP contribution in [-0.4, -0.2) is 15.9 Å². The van der Waals surface area contributed by atoms with Crippen LogP contribution in [0.1, 0.15) is 10.5 Å². The zero-order valence-electron chi connectivity index (χ0n) is 15.3. The average Bonchev–Trinajstić information content (AvgIpc) is 3.14. The number of amides is 1. The van der Waals surface area contributed by atoms with E-state index in [1.165, 1.54) is 12.1 Å². The Kier molecular flexibility index (Phi) is 4.02. The molecule has 0 fully saturated rings. The smallest absolute Gasteiger partial charge is 0.300 e. The standard InChI is InChI=1S/C23H15FN4O/c24-17-9-7-15(8-10-17)22-27-21(20-6-1-2-13-28(20)22)23(29)26-19-5-3-4-16-14-25-12-11-18(16)19/h1-14H,(H,26,29)/p+1. The Morgan fingerprint density at radius 1 is 1.00 bits per heavy atom. The number of anilines is 1. The van der Waals surface area contributed by atoms with Gasteiger partial charge in [0.25, 0.3) is 11.7 Å². The summed E-state index contributed by atoms with van der Waals surface area (Å²) in [6.45, 7) is 0. The summed E-state index contributed by atoms with van der Waals surface area (Å²) in [7, 11) is 0. The molecule has 0 aliphatic carbocycles. The normalized spacial score (nSPS) is 11.1. The molecule has 0 aliphatic rings. The number of pyridine rings is 2. The highest BCUT2D eigenvalue weighted by Crippen LogP contribution is 2.24. The van der Waals surface area contributed by atoms with E-state index in [4.69, 9.17) is 0 Å². The van der Waals surface area contributed by atoms with Crippen molar-refractivity contribution in [2.45, 2.75) is 0 Å². The molecular formula is C23H16FN4O+. The lowest BCUT2D eigenvalue weighted by Gasteiger charge is -2.06. The summed E-state index contributed by atoms with van der Waals surface area (Å²) in [5.41, 5.74) is 2.65. The number of nitrogens with one attached hydrogen (secondary N) is 2. The fourth-order valence-electron chi connectivity index (χ4n) is 3.49. The topological polar surface area (TPSA) is 61.9 Å². The molecule has 0 spiro atoms. The van der Waals surface area contributed by atoms with E-state index in [0.29, 0.717) is 17.2 Å². The number of rotatable bonds is 3. The van der Waals surface area contributed by atoms with Gasteiger partial charge in [0.2, 0.25) is 5.69 Å². The zero-order valence-corrected chi connectivity index (χ0v) is 15.3. The third kappa shape index (κ3) is 3.00. The maximum Gasteiger partial charge on any atom is 0.300 e. The fraction of sp³-hybridized carbons (Fsp3) is 0. The molecule has 2 aromatic carbocycles. The van der Waals surface area contributed by atoms with Gasteiger partial charge in [-0.05, 0) is 48.5 Å². The van der Waals surface area contributed by atoms with Gasteiger partial charge in [-0.25, -0.2) is 9.37 Å². The number of hydrogen-bond acceptors (Lipinski definition) is 2. The lowest BCUT2D eigenvalue weighted by Crippen LogP contribution is -2.22. The Bertz CT molecular complexity index is 1350. The number of halogens is 1. The first-order valence-electron chi connectivity index (χ1n) is 9.13. The van der Waals surface area contributed by atoms with Crippen molar-refractivity contribution < 1.29 is 13.6 Å². The van der Waals surface area contributed by atoms with E-state index in [0.717, 1.165) is 21.9 Å². The second-order valence-corrected chi connectivity index (χ2v) is 6.67. The van der Waals surface area contributed by atoms with Crippen molar-refractivity contribution >= 4 is 27.9 Å². The molecule has 5 rings (SSSR count). The predicted molar refractivity (Wildman–Crippen MR) is 109 cm³/mol. The molecule has 5 nitrogen and oxygen atoms in total. The van der Waals surface area contributed by atoms with Crippen LogP contribution < -0.4 is 9.72 Å². The second-order valence-electron chi connectivity index (χ2n) is 6.67. The number of benzene rings is 2. The van der Waals surface area contributed by atoms with E-state index in [-0.39, 0.29) is 11.7 Å². The molecule has 29 heavy (non-hydrogen) atoms. The summed E-state index contributed by atoms with van der Waals surface area (Å²) in [5, 5.41) is 4.86. The molecule has 140 valence electrons. The van der Waals surface area contributed by atoms with Gasteiger partial charge in [-0.3, -0.25) is 9.78 Å². The Balaban J connectivity index is 1.59. The van der Waals surface area contributed by atoms with Crippen LogP contribution in [0.3, 0.4) is 0 Å². The number of H-pyrrole nitrogens is 1. The molecule has 0 saturated heterocycles. The minimum absolute atomic E-state index is 0.258. The van der Waals surface area contributed by atoms with Crippen LogP contribution >= 0.6 is 0 Å². The number of hydrogen-bond donors (Lipinski definition) is 2. The van der Waals surface area contributed by atoms with Crippen molar-refractivity contribution in [3.63, 3.8) is 0 Å². The molecule has 6 heteroatoms. The minimum Gasteiger partial charge on any atom is -0.318 e. The van der Waals surface area contributed by atoms with Gasteiger partial charge >= 0.3 is 0 Å². The summed E-state index contributed by atoms with van der Waals surface area (Å²) in [6.07, 6.45) is 5.33. The first-order valence-corrected chi connectivity index (χ1v) is 9.13. The highest BCUT2D eigenvalue weighted by Gasteiger charge is 2.25. The van der Waals surface area contributed by atoms with Gasteiger partial charge in [0.15, 0.2) is 5.52 Å². The second kappa shape index (κ2) is 6.83. The maximum atomic E-state index is 13.3. The molecule has 2 N–H and O–H groups in total. The van der Waals surface area contributed by atoms with Crippen molar-refractivity contribution in [2.75, 3.05) is 5.32 Å². The average molecular weight is 383 g/mol. The third-order valence-electron chi connectivity index (χ3n) is 4.87. The van der Waals surface area contributed by atoms with Gasteiger partial charge in [0.05, 0.1) is 11.8 Å². The van der Waals surface area contributed by atoms with Crippen LogP contribution in [0.5, 0.6) is 0 Å². The quantitative estimate of drug-likeness (QED) is 0.455. The lowest BCUT2D eigenvalue weighted by molar-refractivity contribution is -0.498. The van der Waals surface area contributed by atoms with Crippen molar-refractivity contribution in [3.05, 3.63) is 96.8 Å². The van der Waals surface area contributed by atoms with Gasteiger partial charge in [-0.1, -0.05) is 18.2 Å². The van der Waals surface area contributed by atoms with Gasteiger partial charge in [0, 0.05) is 28.9 Å². The van der Waals surface area contributed by atoms with Crippen molar-refractivity contribution in [2.24, 2.45) is 0 Å². The van der Waals surface area contributed by atoms with Crippen LogP contribution in [0, 0.1) is 5.82 Å². The Morgan fingerprint density at radius 2 is 1.86 bits per heavy atom. The Labute approximate surface area is 165 Å². The number of nitrogens with zero attached hydrogens (tertiary/aromatic N) is 2. The number of imidazole rings is 1. The Morgan fingerprint density at radius 3 is 2.72 bits per heavy atom. The number of aromatic amines is 1. The predicted octanol–water partition coefficient (Wildman–Crippen LogP) is 4.36.